The van der Waals surface area contributed by atoms with Gasteiger partial charge in [-0.2, -0.15) is 0 Å². The molecule has 0 fully saturated rings. The van der Waals surface area contributed by atoms with E-state index >= 15 is 0 Å². The Hall–Kier alpha value is -3.84. The quantitative estimate of drug-likeness (QED) is 0.262. The number of esters is 1. The van der Waals surface area contributed by atoms with Crippen LogP contribution in [0.4, 0.5) is 5.00 Å². The minimum atomic E-state index is -0.454. The fourth-order valence-corrected chi connectivity index (χ4v) is 6.57. The number of thiophene rings is 1. The number of amides is 1. The molecule has 36 heavy (non-hydrogen) atoms. The van der Waals surface area contributed by atoms with Crippen LogP contribution in [0.25, 0.3) is 10.8 Å². The van der Waals surface area contributed by atoms with Crippen LogP contribution in [0.2, 0.25) is 0 Å². The van der Waals surface area contributed by atoms with E-state index in [1.54, 1.807) is 29.5 Å². The van der Waals surface area contributed by atoms with Crippen molar-refractivity contribution in [3.63, 3.8) is 0 Å². The van der Waals surface area contributed by atoms with Crippen molar-refractivity contribution in [3.8, 4) is 11.5 Å². The number of benzene rings is 3. The normalized spacial score (nSPS) is 18.6. The largest absolute Gasteiger partial charge is 0.493 e. The first-order chi connectivity index (χ1) is 17.5. The fourth-order valence-electron chi connectivity index (χ4n) is 5.14. The highest BCUT2D eigenvalue weighted by molar-refractivity contribution is 7.16. The third kappa shape index (κ3) is 3.89. The molecule has 0 saturated heterocycles. The second kappa shape index (κ2) is 8.99. The van der Waals surface area contributed by atoms with Gasteiger partial charge in [0.15, 0.2) is 11.5 Å². The van der Waals surface area contributed by atoms with Crippen molar-refractivity contribution in [2.45, 2.75) is 32.4 Å². The predicted octanol–water partition coefficient (Wildman–Crippen LogP) is 6.11. The maximum atomic E-state index is 13.1. The van der Waals surface area contributed by atoms with Gasteiger partial charge in [-0.3, -0.25) is 4.79 Å². The number of hydrogen-bond donors (Lipinski definition) is 2. The summed E-state index contributed by atoms with van der Waals surface area (Å²) in [5.41, 5.74) is 3.30. The SMILES string of the molecule is COc1cc([C@@H]2NC(=O)c3c(sc4c3CC[C@@H](C)C4)N2)ccc1OC(=O)c1cccc2ccccc12. The van der Waals surface area contributed by atoms with Gasteiger partial charge in [-0.15, -0.1) is 11.3 Å². The lowest BCUT2D eigenvalue weighted by atomic mass is 9.88. The number of rotatable bonds is 4. The molecule has 2 aliphatic rings. The number of nitrogens with one attached hydrogen (secondary N) is 2. The van der Waals surface area contributed by atoms with Gasteiger partial charge in [-0.1, -0.05) is 49.4 Å². The molecule has 1 aliphatic carbocycles. The highest BCUT2D eigenvalue weighted by Crippen LogP contribution is 2.43. The van der Waals surface area contributed by atoms with Gasteiger partial charge in [0, 0.05) is 4.88 Å². The highest BCUT2D eigenvalue weighted by atomic mass is 32.1. The van der Waals surface area contributed by atoms with Crippen LogP contribution in [-0.2, 0) is 12.8 Å². The van der Waals surface area contributed by atoms with E-state index in [-0.39, 0.29) is 5.91 Å². The van der Waals surface area contributed by atoms with Crippen molar-refractivity contribution in [3.05, 3.63) is 87.8 Å². The van der Waals surface area contributed by atoms with Crippen molar-refractivity contribution in [2.75, 3.05) is 12.4 Å². The molecule has 0 radical (unpaired) electrons. The van der Waals surface area contributed by atoms with E-state index in [1.165, 1.54) is 17.6 Å². The Kier molecular flexibility index (Phi) is 5.64. The van der Waals surface area contributed by atoms with E-state index in [9.17, 15) is 9.59 Å². The molecular formula is C29H26N2O4S. The second-order valence-corrected chi connectivity index (χ2v) is 10.5. The molecule has 1 aromatic heterocycles. The molecule has 1 amide bonds. The van der Waals surface area contributed by atoms with Crippen LogP contribution >= 0.6 is 11.3 Å². The van der Waals surface area contributed by atoms with Crippen LogP contribution in [0.1, 0.15) is 56.2 Å². The monoisotopic (exact) mass is 498 g/mol. The van der Waals surface area contributed by atoms with Crippen LogP contribution in [0.5, 0.6) is 11.5 Å². The molecule has 0 spiro atoms. The van der Waals surface area contributed by atoms with Crippen LogP contribution < -0.4 is 20.1 Å². The van der Waals surface area contributed by atoms with Crippen LogP contribution in [0.15, 0.2) is 60.7 Å². The van der Waals surface area contributed by atoms with Gasteiger partial charge in [-0.05, 0) is 65.3 Å². The van der Waals surface area contributed by atoms with E-state index in [1.807, 2.05) is 42.5 Å². The van der Waals surface area contributed by atoms with Crippen LogP contribution in [0.3, 0.4) is 0 Å². The maximum Gasteiger partial charge on any atom is 0.344 e. The minimum absolute atomic E-state index is 0.0498. The van der Waals surface area contributed by atoms with E-state index in [0.717, 1.165) is 46.2 Å². The van der Waals surface area contributed by atoms with E-state index < -0.39 is 12.1 Å². The van der Waals surface area contributed by atoms with Crippen molar-refractivity contribution >= 4 is 39.0 Å². The lowest BCUT2D eigenvalue weighted by Gasteiger charge is -2.27. The van der Waals surface area contributed by atoms with Crippen LogP contribution in [-0.4, -0.2) is 19.0 Å². The Bertz CT molecular complexity index is 1500. The first kappa shape index (κ1) is 22.6. The zero-order valence-corrected chi connectivity index (χ0v) is 20.9. The summed E-state index contributed by atoms with van der Waals surface area (Å²) in [6, 6.07) is 18.6. The summed E-state index contributed by atoms with van der Waals surface area (Å²) in [5.74, 6) is 0.880. The summed E-state index contributed by atoms with van der Waals surface area (Å²) in [6.45, 7) is 2.26. The molecule has 0 saturated carbocycles. The second-order valence-electron chi connectivity index (χ2n) is 9.43. The Labute approximate surface area is 213 Å². The predicted molar refractivity (Wildman–Crippen MR) is 141 cm³/mol. The molecule has 0 unspecified atom stereocenters. The summed E-state index contributed by atoms with van der Waals surface area (Å²) in [6.07, 6.45) is 2.69. The van der Waals surface area contributed by atoms with Crippen molar-refractivity contribution in [2.24, 2.45) is 5.92 Å². The van der Waals surface area contributed by atoms with E-state index in [4.69, 9.17) is 9.47 Å². The summed E-state index contributed by atoms with van der Waals surface area (Å²) in [5, 5.41) is 9.31. The van der Waals surface area contributed by atoms with E-state index in [2.05, 4.69) is 17.6 Å². The first-order valence-electron chi connectivity index (χ1n) is 12.1. The molecule has 182 valence electrons. The molecule has 3 aromatic carbocycles. The number of methoxy groups -OCH3 is 1. The number of anilines is 1. The van der Waals surface area contributed by atoms with Gasteiger partial charge in [0.05, 0.1) is 18.2 Å². The first-order valence-corrected chi connectivity index (χ1v) is 12.9. The van der Waals surface area contributed by atoms with Gasteiger partial charge in [0.1, 0.15) is 11.2 Å². The Balaban J connectivity index is 1.26. The third-order valence-corrected chi connectivity index (χ3v) is 8.21. The number of carbonyl (C=O) groups is 2. The van der Waals surface area contributed by atoms with Gasteiger partial charge >= 0.3 is 5.97 Å². The molecule has 6 nitrogen and oxygen atoms in total. The van der Waals surface area contributed by atoms with Crippen molar-refractivity contribution in [1.29, 1.82) is 0 Å². The molecule has 2 atom stereocenters. The van der Waals surface area contributed by atoms with E-state index in [0.29, 0.717) is 23.0 Å². The number of hydrogen-bond acceptors (Lipinski definition) is 6. The lowest BCUT2D eigenvalue weighted by molar-refractivity contribution is 0.0731. The average molecular weight is 499 g/mol. The topological polar surface area (TPSA) is 76.7 Å². The average Bonchev–Trinajstić information content (AvgIpc) is 3.26. The lowest BCUT2D eigenvalue weighted by Crippen LogP contribution is -2.38. The summed E-state index contributed by atoms with van der Waals surface area (Å²) < 4.78 is 11.3. The third-order valence-electron chi connectivity index (χ3n) is 7.02. The van der Waals surface area contributed by atoms with Gasteiger partial charge < -0.3 is 20.1 Å². The maximum absolute atomic E-state index is 13.1. The summed E-state index contributed by atoms with van der Waals surface area (Å²) in [4.78, 5) is 27.4. The standard InChI is InChI=1S/C29H26N2O4S/c1-16-10-12-21-24(14-16)36-28-25(21)27(32)30-26(31-28)18-11-13-22(23(15-18)34-2)35-29(33)20-9-5-7-17-6-3-4-8-19(17)20/h3-9,11,13,15-16,26,31H,10,12,14H2,1-2H3,(H,30,32)/t16-,26-/m1/s1. The molecule has 2 heterocycles. The van der Waals surface area contributed by atoms with Gasteiger partial charge in [0.25, 0.3) is 5.91 Å². The fraction of sp³-hybridized carbons (Fsp3) is 0.241. The molecule has 1 aliphatic heterocycles. The molecule has 2 N–H and O–H groups in total. The zero-order valence-electron chi connectivity index (χ0n) is 20.1. The summed E-state index contributed by atoms with van der Waals surface area (Å²) in [7, 11) is 1.54. The highest BCUT2D eigenvalue weighted by Gasteiger charge is 2.33. The molecule has 0 bridgehead atoms. The molecule has 7 heteroatoms. The number of carbonyl (C=O) groups excluding carboxylic acids is 2. The molecule has 4 aromatic rings. The zero-order chi connectivity index (χ0) is 24.8. The Morgan fingerprint density at radius 2 is 1.86 bits per heavy atom. The van der Waals surface area contributed by atoms with Crippen molar-refractivity contribution < 1.29 is 19.1 Å². The smallest absolute Gasteiger partial charge is 0.344 e. The number of fused-ring (bicyclic) bond motifs is 4. The number of ether oxygens (including phenoxy) is 2. The van der Waals surface area contributed by atoms with Crippen LogP contribution in [0, 0.1) is 5.92 Å². The van der Waals surface area contributed by atoms with Gasteiger partial charge in [0.2, 0.25) is 0 Å². The van der Waals surface area contributed by atoms with Crippen molar-refractivity contribution in [1.82, 2.24) is 5.32 Å². The molecule has 6 rings (SSSR count). The summed E-state index contributed by atoms with van der Waals surface area (Å²) >= 11 is 1.69. The Morgan fingerprint density at radius 1 is 1.03 bits per heavy atom. The van der Waals surface area contributed by atoms with Gasteiger partial charge in [-0.25, -0.2) is 4.79 Å². The molecular weight excluding hydrogens is 472 g/mol. The minimum Gasteiger partial charge on any atom is -0.493 e. The Morgan fingerprint density at radius 3 is 2.72 bits per heavy atom.